The number of hydrogen-bond donors (Lipinski definition) is 0. The SMILES string of the molecule is CCOC(C)[N+](C)(C)C(Oc1ccccc1)c1ccc(C(C)(C)CC(C)(C)C)cc1. The summed E-state index contributed by atoms with van der Waals surface area (Å²) in [6, 6.07) is 19.1. The summed E-state index contributed by atoms with van der Waals surface area (Å²) in [7, 11) is 4.34. The normalized spacial score (nSPS) is 15.0. The molecule has 0 aliphatic rings. The molecule has 2 aromatic rings. The van der Waals surface area contributed by atoms with E-state index in [9.17, 15) is 0 Å². The van der Waals surface area contributed by atoms with Gasteiger partial charge in [-0.3, -0.25) is 4.48 Å². The third kappa shape index (κ3) is 6.33. The van der Waals surface area contributed by atoms with Crippen LogP contribution in [-0.2, 0) is 10.2 Å². The number of quaternary nitrogens is 1. The highest BCUT2D eigenvalue weighted by molar-refractivity contribution is 5.30. The maximum Gasteiger partial charge on any atom is 0.261 e. The zero-order chi connectivity index (χ0) is 22.6. The minimum absolute atomic E-state index is 0.000667. The van der Waals surface area contributed by atoms with Gasteiger partial charge in [-0.15, -0.1) is 0 Å². The van der Waals surface area contributed by atoms with Crippen molar-refractivity contribution in [3.05, 3.63) is 65.7 Å². The third-order valence-electron chi connectivity index (χ3n) is 5.89. The fourth-order valence-electron chi connectivity index (χ4n) is 4.37. The van der Waals surface area contributed by atoms with Crippen molar-refractivity contribution in [2.75, 3.05) is 20.7 Å². The molecule has 0 spiro atoms. The average Bonchev–Trinajstić information content (AvgIpc) is 2.65. The lowest BCUT2D eigenvalue weighted by Crippen LogP contribution is -2.53. The second-order valence-electron chi connectivity index (χ2n) is 10.7. The van der Waals surface area contributed by atoms with Crippen molar-refractivity contribution in [1.82, 2.24) is 0 Å². The first-order valence-corrected chi connectivity index (χ1v) is 11.1. The number of rotatable bonds is 9. The molecule has 0 saturated carbocycles. The van der Waals surface area contributed by atoms with Gasteiger partial charge in [-0.05, 0) is 54.0 Å². The Balaban J connectivity index is 2.38. The summed E-state index contributed by atoms with van der Waals surface area (Å²) in [5, 5.41) is 0. The molecule has 2 atom stereocenters. The molecule has 0 aromatic heterocycles. The van der Waals surface area contributed by atoms with E-state index in [2.05, 4.69) is 79.9 Å². The maximum absolute atomic E-state index is 6.53. The minimum atomic E-state index is -0.172. The molecule has 3 nitrogen and oxygen atoms in total. The van der Waals surface area contributed by atoms with E-state index in [0.717, 1.165) is 17.7 Å². The summed E-state index contributed by atoms with van der Waals surface area (Å²) in [6.07, 6.45) is 0.959. The van der Waals surface area contributed by atoms with E-state index in [4.69, 9.17) is 9.47 Å². The number of nitrogens with zero attached hydrogens (tertiary/aromatic N) is 1. The van der Waals surface area contributed by atoms with Crippen molar-refractivity contribution in [2.45, 2.75) is 72.8 Å². The largest absolute Gasteiger partial charge is 0.438 e. The number of para-hydroxylation sites is 1. The first kappa shape index (κ1) is 24.4. The smallest absolute Gasteiger partial charge is 0.261 e. The van der Waals surface area contributed by atoms with Crippen LogP contribution in [0.4, 0.5) is 0 Å². The molecule has 0 saturated heterocycles. The van der Waals surface area contributed by atoms with Gasteiger partial charge in [0.05, 0.1) is 26.3 Å². The average molecular weight is 413 g/mol. The fraction of sp³-hybridized carbons (Fsp3) is 0.556. The van der Waals surface area contributed by atoms with E-state index in [1.165, 1.54) is 5.56 Å². The topological polar surface area (TPSA) is 18.5 Å². The van der Waals surface area contributed by atoms with Crippen LogP contribution in [-0.4, -0.2) is 31.4 Å². The molecule has 0 radical (unpaired) electrons. The zero-order valence-electron chi connectivity index (χ0n) is 20.5. The van der Waals surface area contributed by atoms with Gasteiger partial charge in [0.15, 0.2) is 6.23 Å². The van der Waals surface area contributed by atoms with E-state index in [-0.39, 0.29) is 23.3 Å². The molecule has 3 heteroatoms. The summed E-state index contributed by atoms with van der Waals surface area (Å²) in [5.41, 5.74) is 2.93. The van der Waals surface area contributed by atoms with Crippen LogP contribution in [0, 0.1) is 5.41 Å². The Hall–Kier alpha value is -1.84. The highest BCUT2D eigenvalue weighted by Crippen LogP contribution is 2.38. The van der Waals surface area contributed by atoms with Crippen LogP contribution < -0.4 is 4.74 Å². The molecule has 0 aliphatic heterocycles. The summed E-state index contributed by atoms with van der Waals surface area (Å²) in [4.78, 5) is 0. The molecule has 0 heterocycles. The van der Waals surface area contributed by atoms with Crippen LogP contribution in [0.1, 0.15) is 72.2 Å². The Morgan fingerprint density at radius 3 is 1.93 bits per heavy atom. The van der Waals surface area contributed by atoms with Gasteiger partial charge in [0.25, 0.3) is 6.23 Å². The molecule has 2 rings (SSSR count). The van der Waals surface area contributed by atoms with Gasteiger partial charge in [-0.1, -0.05) is 65.0 Å². The molecule has 0 amide bonds. The standard InChI is InChI=1S/C27H42NO2/c1-10-29-21(2)28(8,9)25(30-24-14-12-11-13-15-24)22-16-18-23(19-17-22)27(6,7)20-26(3,4)5/h11-19,21,25H,10,20H2,1-9H3/q+1. The maximum atomic E-state index is 6.53. The summed E-state index contributed by atoms with van der Waals surface area (Å²) in [5.74, 6) is 0.870. The highest BCUT2D eigenvalue weighted by atomic mass is 16.5. The Bertz CT molecular complexity index is 773. The fourth-order valence-corrected chi connectivity index (χ4v) is 4.37. The molecule has 0 N–H and O–H groups in total. The molecule has 0 fully saturated rings. The molecule has 2 unspecified atom stereocenters. The minimum Gasteiger partial charge on any atom is -0.438 e. The van der Waals surface area contributed by atoms with Gasteiger partial charge in [-0.25, -0.2) is 0 Å². The van der Waals surface area contributed by atoms with Gasteiger partial charge in [0, 0.05) is 6.92 Å². The lowest BCUT2D eigenvalue weighted by molar-refractivity contribution is -0.980. The molecule has 0 bridgehead atoms. The Kier molecular flexibility index (Phi) is 7.76. The van der Waals surface area contributed by atoms with Crippen molar-refractivity contribution in [2.24, 2.45) is 5.41 Å². The van der Waals surface area contributed by atoms with Gasteiger partial charge in [0.2, 0.25) is 0 Å². The molecule has 30 heavy (non-hydrogen) atoms. The Labute approximate surface area is 184 Å². The van der Waals surface area contributed by atoms with Crippen LogP contribution in [0.15, 0.2) is 54.6 Å². The summed E-state index contributed by atoms with van der Waals surface area (Å²) in [6.45, 7) is 16.4. The highest BCUT2D eigenvalue weighted by Gasteiger charge is 2.38. The molecule has 2 aromatic carbocycles. The van der Waals surface area contributed by atoms with Crippen LogP contribution in [0.2, 0.25) is 0 Å². The van der Waals surface area contributed by atoms with Crippen LogP contribution in [0.5, 0.6) is 5.75 Å². The van der Waals surface area contributed by atoms with Gasteiger partial charge in [0.1, 0.15) is 5.75 Å². The Morgan fingerprint density at radius 1 is 0.867 bits per heavy atom. The van der Waals surface area contributed by atoms with Crippen LogP contribution >= 0.6 is 0 Å². The monoisotopic (exact) mass is 412 g/mol. The van der Waals surface area contributed by atoms with Crippen molar-refractivity contribution in [1.29, 1.82) is 0 Å². The van der Waals surface area contributed by atoms with Crippen molar-refractivity contribution in [3.63, 3.8) is 0 Å². The van der Waals surface area contributed by atoms with Crippen molar-refractivity contribution >= 4 is 0 Å². The van der Waals surface area contributed by atoms with E-state index in [1.807, 2.05) is 37.3 Å². The predicted molar refractivity (Wildman–Crippen MR) is 127 cm³/mol. The second kappa shape index (κ2) is 9.53. The third-order valence-corrected chi connectivity index (χ3v) is 5.89. The van der Waals surface area contributed by atoms with Crippen molar-refractivity contribution < 1.29 is 14.0 Å². The summed E-state index contributed by atoms with van der Waals surface area (Å²) < 4.78 is 13.1. The summed E-state index contributed by atoms with van der Waals surface area (Å²) >= 11 is 0. The molecular formula is C27H42NO2+. The van der Waals surface area contributed by atoms with Gasteiger partial charge < -0.3 is 9.47 Å². The van der Waals surface area contributed by atoms with Crippen LogP contribution in [0.25, 0.3) is 0 Å². The molecule has 0 aliphatic carbocycles. The lowest BCUT2D eigenvalue weighted by Gasteiger charge is -2.41. The first-order valence-electron chi connectivity index (χ1n) is 11.1. The quantitative estimate of drug-likeness (QED) is 0.328. The number of ether oxygens (including phenoxy) is 2. The van der Waals surface area contributed by atoms with Crippen LogP contribution in [0.3, 0.4) is 0 Å². The van der Waals surface area contributed by atoms with E-state index in [1.54, 1.807) is 0 Å². The zero-order valence-corrected chi connectivity index (χ0v) is 20.5. The predicted octanol–water partition coefficient (Wildman–Crippen LogP) is 6.94. The van der Waals surface area contributed by atoms with E-state index < -0.39 is 0 Å². The molecule has 166 valence electrons. The number of hydrogen-bond acceptors (Lipinski definition) is 2. The lowest BCUT2D eigenvalue weighted by atomic mass is 9.72. The second-order valence-corrected chi connectivity index (χ2v) is 10.7. The number of benzene rings is 2. The molecular weight excluding hydrogens is 370 g/mol. The van der Waals surface area contributed by atoms with E-state index in [0.29, 0.717) is 11.1 Å². The van der Waals surface area contributed by atoms with Gasteiger partial charge in [-0.2, -0.15) is 0 Å². The van der Waals surface area contributed by atoms with Gasteiger partial charge >= 0.3 is 0 Å². The van der Waals surface area contributed by atoms with Crippen molar-refractivity contribution in [3.8, 4) is 5.75 Å². The Morgan fingerprint density at radius 2 is 1.43 bits per heavy atom. The van der Waals surface area contributed by atoms with E-state index >= 15 is 0 Å². The first-order chi connectivity index (χ1) is 13.9.